The molecule has 4 rings (SSSR count). The van der Waals surface area contributed by atoms with Crippen LogP contribution in [0.1, 0.15) is 38.5 Å². The summed E-state index contributed by atoms with van der Waals surface area (Å²) in [5.74, 6) is 1.04. The zero-order chi connectivity index (χ0) is 22.7. The standard InChI is InChI=1S/C24H23ClN4O3/c1-15-8-10-18(11-9-15)12-29-13-20(25)23(27-29)26-24(30)22-19(17(3)32-28-22)14-31-21-7-5-4-6-16(21)2/h4-11,13H,12,14H2,1-3H3,(H,26,27,30). The fraction of sp³-hybridized carbons (Fsp3) is 0.208. The highest BCUT2D eigenvalue weighted by Gasteiger charge is 2.22. The van der Waals surface area contributed by atoms with Crippen molar-refractivity contribution in [1.29, 1.82) is 0 Å². The average Bonchev–Trinajstić information content (AvgIpc) is 3.31. The molecule has 1 amide bonds. The van der Waals surface area contributed by atoms with Gasteiger partial charge in [-0.1, -0.05) is 64.8 Å². The molecule has 4 aromatic rings. The number of halogens is 1. The van der Waals surface area contributed by atoms with Gasteiger partial charge in [-0.25, -0.2) is 0 Å². The van der Waals surface area contributed by atoms with Gasteiger partial charge in [-0.3, -0.25) is 9.48 Å². The molecule has 0 spiro atoms. The van der Waals surface area contributed by atoms with E-state index in [1.165, 1.54) is 5.56 Å². The summed E-state index contributed by atoms with van der Waals surface area (Å²) in [6.45, 7) is 6.42. The number of rotatable bonds is 7. The molecule has 0 aliphatic heterocycles. The fourth-order valence-corrected chi connectivity index (χ4v) is 3.42. The molecule has 0 atom stereocenters. The van der Waals surface area contributed by atoms with E-state index in [4.69, 9.17) is 20.9 Å². The SMILES string of the molecule is Cc1ccc(Cn2cc(Cl)c(NC(=O)c3noc(C)c3COc3ccccc3C)n2)cc1. The summed E-state index contributed by atoms with van der Waals surface area (Å²) in [5, 5.41) is 11.4. The van der Waals surface area contributed by atoms with Crippen LogP contribution in [0.2, 0.25) is 5.02 Å². The predicted octanol–water partition coefficient (Wildman–Crippen LogP) is 5.33. The Hall–Kier alpha value is -3.58. The van der Waals surface area contributed by atoms with Crippen molar-refractivity contribution in [2.75, 3.05) is 5.32 Å². The van der Waals surface area contributed by atoms with Gasteiger partial charge in [0, 0.05) is 6.20 Å². The summed E-state index contributed by atoms with van der Waals surface area (Å²) in [7, 11) is 0. The van der Waals surface area contributed by atoms with Gasteiger partial charge in [0.25, 0.3) is 5.91 Å². The zero-order valence-corrected chi connectivity index (χ0v) is 18.8. The van der Waals surface area contributed by atoms with Gasteiger partial charge in [0.05, 0.1) is 12.1 Å². The normalized spacial score (nSPS) is 10.9. The fourth-order valence-electron chi connectivity index (χ4n) is 3.22. The molecular formula is C24H23ClN4O3. The topological polar surface area (TPSA) is 82.2 Å². The van der Waals surface area contributed by atoms with Gasteiger partial charge in [-0.2, -0.15) is 5.10 Å². The molecule has 7 nitrogen and oxygen atoms in total. The number of benzene rings is 2. The van der Waals surface area contributed by atoms with Gasteiger partial charge in [0.2, 0.25) is 0 Å². The van der Waals surface area contributed by atoms with Gasteiger partial charge in [0.15, 0.2) is 11.5 Å². The van der Waals surface area contributed by atoms with Crippen LogP contribution >= 0.6 is 11.6 Å². The maximum absolute atomic E-state index is 12.9. The Balaban J connectivity index is 1.47. The van der Waals surface area contributed by atoms with E-state index in [0.29, 0.717) is 22.9 Å². The summed E-state index contributed by atoms with van der Waals surface area (Å²) in [4.78, 5) is 12.9. The molecule has 164 valence electrons. The molecule has 2 aromatic carbocycles. The lowest BCUT2D eigenvalue weighted by Crippen LogP contribution is -2.16. The molecule has 2 aromatic heterocycles. The van der Waals surface area contributed by atoms with E-state index in [1.807, 2.05) is 62.4 Å². The van der Waals surface area contributed by atoms with E-state index < -0.39 is 5.91 Å². The second-order valence-electron chi connectivity index (χ2n) is 7.58. The Morgan fingerprint density at radius 1 is 1.12 bits per heavy atom. The molecular weight excluding hydrogens is 428 g/mol. The summed E-state index contributed by atoms with van der Waals surface area (Å²) in [6, 6.07) is 15.8. The molecule has 2 heterocycles. The first-order chi connectivity index (χ1) is 15.4. The highest BCUT2D eigenvalue weighted by atomic mass is 35.5. The molecule has 1 N–H and O–H groups in total. The quantitative estimate of drug-likeness (QED) is 0.411. The number of aryl methyl sites for hydroxylation is 3. The molecule has 0 fully saturated rings. The number of amides is 1. The Morgan fingerprint density at radius 3 is 2.62 bits per heavy atom. The van der Waals surface area contributed by atoms with Gasteiger partial charge in [0.1, 0.15) is 23.1 Å². The molecule has 0 aliphatic rings. The monoisotopic (exact) mass is 450 g/mol. The Labute approximate surface area is 190 Å². The molecule has 0 radical (unpaired) electrons. The number of para-hydroxylation sites is 1. The Kier molecular flexibility index (Phi) is 6.28. The highest BCUT2D eigenvalue weighted by Crippen LogP contribution is 2.24. The first kappa shape index (κ1) is 21.6. The number of nitrogens with one attached hydrogen (secondary N) is 1. The lowest BCUT2D eigenvalue weighted by Gasteiger charge is -2.09. The third-order valence-electron chi connectivity index (χ3n) is 5.08. The minimum absolute atomic E-state index is 0.139. The first-order valence-electron chi connectivity index (χ1n) is 10.1. The smallest absolute Gasteiger partial charge is 0.279 e. The van der Waals surface area contributed by atoms with Crippen molar-refractivity contribution in [2.45, 2.75) is 33.9 Å². The molecule has 0 saturated carbocycles. The molecule has 0 saturated heterocycles. The third kappa shape index (κ3) is 4.84. The van der Waals surface area contributed by atoms with Crippen LogP contribution in [0.3, 0.4) is 0 Å². The van der Waals surface area contributed by atoms with E-state index in [0.717, 1.165) is 16.9 Å². The van der Waals surface area contributed by atoms with Gasteiger partial charge < -0.3 is 14.6 Å². The second kappa shape index (κ2) is 9.28. The van der Waals surface area contributed by atoms with Gasteiger partial charge >= 0.3 is 0 Å². The van der Waals surface area contributed by atoms with Crippen molar-refractivity contribution >= 4 is 23.3 Å². The number of carbonyl (C=O) groups excluding carboxylic acids is 1. The van der Waals surface area contributed by atoms with Crippen LogP contribution in [-0.4, -0.2) is 20.8 Å². The maximum Gasteiger partial charge on any atom is 0.279 e. The number of anilines is 1. The number of hydrogen-bond acceptors (Lipinski definition) is 5. The number of carbonyl (C=O) groups is 1. The average molecular weight is 451 g/mol. The van der Waals surface area contributed by atoms with Crippen LogP contribution in [0.5, 0.6) is 5.75 Å². The van der Waals surface area contributed by atoms with E-state index in [-0.39, 0.29) is 18.1 Å². The summed E-state index contributed by atoms with van der Waals surface area (Å²) >= 11 is 6.30. The van der Waals surface area contributed by atoms with Crippen molar-refractivity contribution < 1.29 is 14.1 Å². The van der Waals surface area contributed by atoms with E-state index >= 15 is 0 Å². The summed E-state index contributed by atoms with van der Waals surface area (Å²) < 4.78 is 12.8. The molecule has 0 bridgehead atoms. The van der Waals surface area contributed by atoms with Crippen LogP contribution in [-0.2, 0) is 13.2 Å². The van der Waals surface area contributed by atoms with Crippen LogP contribution in [0.15, 0.2) is 59.3 Å². The van der Waals surface area contributed by atoms with Crippen molar-refractivity contribution in [2.24, 2.45) is 0 Å². The highest BCUT2D eigenvalue weighted by molar-refractivity contribution is 6.33. The van der Waals surface area contributed by atoms with Gasteiger partial charge in [-0.15, -0.1) is 0 Å². The molecule has 0 unspecified atom stereocenters. The zero-order valence-electron chi connectivity index (χ0n) is 18.1. The predicted molar refractivity (Wildman–Crippen MR) is 122 cm³/mol. The summed E-state index contributed by atoms with van der Waals surface area (Å²) in [5.41, 5.74) is 3.97. The van der Waals surface area contributed by atoms with E-state index in [9.17, 15) is 4.79 Å². The largest absolute Gasteiger partial charge is 0.488 e. The first-order valence-corrected chi connectivity index (χ1v) is 10.5. The number of nitrogens with zero attached hydrogens (tertiary/aromatic N) is 3. The van der Waals surface area contributed by atoms with Crippen LogP contribution in [0, 0.1) is 20.8 Å². The Morgan fingerprint density at radius 2 is 1.88 bits per heavy atom. The number of hydrogen-bond donors (Lipinski definition) is 1. The lowest BCUT2D eigenvalue weighted by molar-refractivity contribution is 0.101. The minimum Gasteiger partial charge on any atom is -0.488 e. The Bertz CT molecular complexity index is 1240. The third-order valence-corrected chi connectivity index (χ3v) is 5.36. The van der Waals surface area contributed by atoms with Crippen molar-refractivity contribution in [3.05, 3.63) is 93.5 Å². The summed E-state index contributed by atoms with van der Waals surface area (Å²) in [6.07, 6.45) is 1.67. The molecule has 32 heavy (non-hydrogen) atoms. The lowest BCUT2D eigenvalue weighted by atomic mass is 10.1. The number of ether oxygens (including phenoxy) is 1. The minimum atomic E-state index is -0.465. The van der Waals surface area contributed by atoms with E-state index in [1.54, 1.807) is 17.8 Å². The maximum atomic E-state index is 12.9. The second-order valence-corrected chi connectivity index (χ2v) is 7.99. The van der Waals surface area contributed by atoms with Crippen LogP contribution in [0.4, 0.5) is 5.82 Å². The van der Waals surface area contributed by atoms with Crippen LogP contribution < -0.4 is 10.1 Å². The van der Waals surface area contributed by atoms with Crippen molar-refractivity contribution in [3.63, 3.8) is 0 Å². The van der Waals surface area contributed by atoms with Crippen molar-refractivity contribution in [1.82, 2.24) is 14.9 Å². The van der Waals surface area contributed by atoms with Gasteiger partial charge in [-0.05, 0) is 38.0 Å². The number of aromatic nitrogens is 3. The van der Waals surface area contributed by atoms with Crippen LogP contribution in [0.25, 0.3) is 0 Å². The van der Waals surface area contributed by atoms with E-state index in [2.05, 4.69) is 15.6 Å². The molecule has 0 aliphatic carbocycles. The van der Waals surface area contributed by atoms with Crippen molar-refractivity contribution in [3.8, 4) is 5.75 Å². The molecule has 8 heteroatoms.